The molecule has 3 rings (SSSR count). The van der Waals surface area contributed by atoms with Gasteiger partial charge >= 0.3 is 5.51 Å². The molecule has 3 N–H and O–H groups in total. The van der Waals surface area contributed by atoms with Crippen LogP contribution in [0.1, 0.15) is 24.0 Å². The molecule has 0 radical (unpaired) electrons. The summed E-state index contributed by atoms with van der Waals surface area (Å²) in [4.78, 5) is 23.7. The number of alkyl halides is 3. The minimum absolute atomic E-state index is 0.0450. The number of sulfone groups is 1. The van der Waals surface area contributed by atoms with Gasteiger partial charge < -0.3 is 5.73 Å². The van der Waals surface area contributed by atoms with Gasteiger partial charge in [0.05, 0.1) is 10.3 Å². The Hall–Kier alpha value is -3.09. The molecular weight excluding hydrogens is 413 g/mol. The maximum atomic E-state index is 13.1. The van der Waals surface area contributed by atoms with Gasteiger partial charge in [-0.2, -0.15) is 18.3 Å². The molecule has 13 heteroatoms. The number of nitrogens with one attached hydrogen (secondary N) is 1. The predicted octanol–water partition coefficient (Wildman–Crippen LogP) is 1.17. The summed E-state index contributed by atoms with van der Waals surface area (Å²) < 4.78 is 63.2. The molecule has 0 bridgehead atoms. The Bertz CT molecular complexity index is 1050. The van der Waals surface area contributed by atoms with Crippen molar-refractivity contribution < 1.29 is 26.4 Å². The molecule has 1 aliphatic carbocycles. The number of hydrogen-bond acceptors (Lipinski definition) is 7. The highest BCUT2D eigenvalue weighted by molar-refractivity contribution is 7.96. The molecule has 9 nitrogen and oxygen atoms in total. The van der Waals surface area contributed by atoms with Crippen molar-refractivity contribution in [3.8, 4) is 0 Å². The van der Waals surface area contributed by atoms with Gasteiger partial charge in [-0.05, 0) is 12.1 Å². The van der Waals surface area contributed by atoms with Crippen LogP contribution >= 0.6 is 0 Å². The van der Waals surface area contributed by atoms with Crippen LogP contribution in [0, 0.1) is 5.41 Å². The van der Waals surface area contributed by atoms with Crippen molar-refractivity contribution in [3.63, 3.8) is 0 Å². The van der Waals surface area contributed by atoms with E-state index in [4.69, 9.17) is 5.73 Å². The van der Waals surface area contributed by atoms with Crippen LogP contribution in [0.3, 0.4) is 0 Å². The number of halogens is 3. The lowest BCUT2D eigenvalue weighted by atomic mass is 9.68. The van der Waals surface area contributed by atoms with Gasteiger partial charge in [0.25, 0.3) is 9.84 Å². The number of hydrogen-bond donors (Lipinski definition) is 2. The van der Waals surface area contributed by atoms with Gasteiger partial charge in [-0.1, -0.05) is 12.2 Å². The van der Waals surface area contributed by atoms with E-state index in [-0.39, 0.29) is 12.2 Å². The van der Waals surface area contributed by atoms with E-state index < -0.39 is 43.9 Å². The molecule has 29 heavy (non-hydrogen) atoms. The van der Waals surface area contributed by atoms with Crippen LogP contribution in [0.15, 0.2) is 47.9 Å². The number of nitrogens with two attached hydrogens (primary N) is 1. The summed E-state index contributed by atoms with van der Waals surface area (Å²) in [5.74, 6) is -1.63. The van der Waals surface area contributed by atoms with Gasteiger partial charge in [-0.25, -0.2) is 23.4 Å². The SMILES string of the molecule is NC(=O)C1(C(Cc2ncn[nH]2)c2ncccn2)C=CC=C(S(=O)(=O)C(F)(F)F)C1. The lowest BCUT2D eigenvalue weighted by Gasteiger charge is -2.36. The lowest BCUT2D eigenvalue weighted by molar-refractivity contribution is -0.126. The Balaban J connectivity index is 2.12. The van der Waals surface area contributed by atoms with Crippen LogP contribution in [-0.4, -0.2) is 45.0 Å². The molecular formula is C16H15F3N6O3S. The number of primary amides is 1. The third kappa shape index (κ3) is 3.77. The van der Waals surface area contributed by atoms with Gasteiger partial charge in [-0.3, -0.25) is 9.89 Å². The highest BCUT2D eigenvalue weighted by Gasteiger charge is 2.53. The van der Waals surface area contributed by atoms with Crippen LogP contribution in [0.25, 0.3) is 0 Å². The summed E-state index contributed by atoms with van der Waals surface area (Å²) in [6.07, 6.45) is 6.31. The molecule has 0 aromatic carbocycles. The van der Waals surface area contributed by atoms with Crippen molar-refractivity contribution in [2.24, 2.45) is 11.1 Å². The smallest absolute Gasteiger partial charge is 0.369 e. The summed E-state index contributed by atoms with van der Waals surface area (Å²) in [5.41, 5.74) is -1.76. The summed E-state index contributed by atoms with van der Waals surface area (Å²) >= 11 is 0. The second-order valence-corrected chi connectivity index (χ2v) is 8.31. The van der Waals surface area contributed by atoms with Crippen molar-refractivity contribution in [2.45, 2.75) is 24.3 Å². The molecule has 2 unspecified atom stereocenters. The Morgan fingerprint density at radius 1 is 1.28 bits per heavy atom. The molecule has 2 aromatic heterocycles. The fraction of sp³-hybridized carbons (Fsp3) is 0.312. The van der Waals surface area contributed by atoms with E-state index in [0.29, 0.717) is 5.82 Å². The summed E-state index contributed by atoms with van der Waals surface area (Å²) in [6, 6.07) is 1.52. The molecule has 2 aromatic rings. The number of H-pyrrole nitrogens is 1. The van der Waals surface area contributed by atoms with E-state index in [1.807, 2.05) is 0 Å². The van der Waals surface area contributed by atoms with Gasteiger partial charge in [0.15, 0.2) is 0 Å². The second kappa shape index (κ2) is 7.39. The molecule has 154 valence electrons. The van der Waals surface area contributed by atoms with E-state index in [2.05, 4.69) is 25.1 Å². The second-order valence-electron chi connectivity index (χ2n) is 6.32. The number of nitrogens with zero attached hydrogens (tertiary/aromatic N) is 4. The van der Waals surface area contributed by atoms with Crippen LogP contribution in [0.5, 0.6) is 0 Å². The third-order valence-corrected chi connectivity index (χ3v) is 6.21. The van der Waals surface area contributed by atoms with Gasteiger partial charge in [0.2, 0.25) is 5.91 Å². The third-order valence-electron chi connectivity index (χ3n) is 4.63. The number of carbonyl (C=O) groups excluding carboxylic acids is 1. The molecule has 0 saturated carbocycles. The summed E-state index contributed by atoms with van der Waals surface area (Å²) in [5, 5.41) is 6.29. The minimum Gasteiger partial charge on any atom is -0.369 e. The Morgan fingerprint density at radius 3 is 2.52 bits per heavy atom. The van der Waals surface area contributed by atoms with Crippen molar-refractivity contribution >= 4 is 15.7 Å². The first-order valence-corrected chi connectivity index (χ1v) is 9.67. The van der Waals surface area contributed by atoms with E-state index in [9.17, 15) is 26.4 Å². The normalized spacial score (nSPS) is 20.9. The summed E-state index contributed by atoms with van der Waals surface area (Å²) in [6.45, 7) is 0. The van der Waals surface area contributed by atoms with Crippen LogP contribution in [-0.2, 0) is 21.1 Å². The van der Waals surface area contributed by atoms with Crippen LogP contribution < -0.4 is 5.73 Å². The molecule has 1 amide bonds. The first-order valence-electron chi connectivity index (χ1n) is 8.19. The first-order chi connectivity index (χ1) is 13.6. The van der Waals surface area contributed by atoms with Gasteiger partial charge in [0.1, 0.15) is 18.0 Å². The number of aromatic amines is 1. The fourth-order valence-corrected chi connectivity index (χ4v) is 4.15. The van der Waals surface area contributed by atoms with Crippen LogP contribution in [0.2, 0.25) is 0 Å². The zero-order chi connectivity index (χ0) is 21.3. The van der Waals surface area contributed by atoms with Crippen molar-refractivity contribution in [3.05, 3.63) is 59.6 Å². The molecule has 0 spiro atoms. The largest absolute Gasteiger partial charge is 0.501 e. The quantitative estimate of drug-likeness (QED) is 0.702. The number of aromatic nitrogens is 5. The topological polar surface area (TPSA) is 145 Å². The molecule has 0 saturated heterocycles. The predicted molar refractivity (Wildman–Crippen MR) is 93.3 cm³/mol. The number of allylic oxidation sites excluding steroid dienone is 3. The van der Waals surface area contributed by atoms with Crippen molar-refractivity contribution in [2.75, 3.05) is 0 Å². The van der Waals surface area contributed by atoms with E-state index >= 15 is 0 Å². The summed E-state index contributed by atoms with van der Waals surface area (Å²) in [7, 11) is -5.66. The van der Waals surface area contributed by atoms with E-state index in [1.165, 1.54) is 30.9 Å². The van der Waals surface area contributed by atoms with Crippen LogP contribution in [0.4, 0.5) is 13.2 Å². The molecule has 0 aliphatic heterocycles. The van der Waals surface area contributed by atoms with Crippen molar-refractivity contribution in [1.82, 2.24) is 25.1 Å². The first kappa shape index (κ1) is 20.6. The zero-order valence-electron chi connectivity index (χ0n) is 14.7. The lowest BCUT2D eigenvalue weighted by Crippen LogP contribution is -2.44. The molecule has 2 heterocycles. The average Bonchev–Trinajstić information content (AvgIpc) is 3.19. The van der Waals surface area contributed by atoms with Crippen molar-refractivity contribution in [1.29, 1.82) is 0 Å². The van der Waals surface area contributed by atoms with E-state index in [1.54, 1.807) is 0 Å². The highest BCUT2D eigenvalue weighted by atomic mass is 32.2. The zero-order valence-corrected chi connectivity index (χ0v) is 15.5. The monoisotopic (exact) mass is 428 g/mol. The standard InChI is InChI=1S/C16H15F3N6O3S/c17-16(18,19)29(27,28)10-3-1-4-15(8-10,14(20)26)11(7-12-23-9-24-25-12)13-21-5-2-6-22-13/h1-6,9,11H,7-8H2,(H2,20,26)(H,23,24,25). The Kier molecular flexibility index (Phi) is 5.26. The Labute approximate surface area is 162 Å². The average molecular weight is 428 g/mol. The highest BCUT2D eigenvalue weighted by Crippen LogP contribution is 2.47. The maximum absolute atomic E-state index is 13.1. The van der Waals surface area contributed by atoms with E-state index in [0.717, 1.165) is 12.2 Å². The minimum atomic E-state index is -5.66. The molecule has 1 aliphatic rings. The number of amides is 1. The fourth-order valence-electron chi connectivity index (χ4n) is 3.16. The molecule has 2 atom stereocenters. The molecule has 0 fully saturated rings. The number of carbonyl (C=O) groups is 1. The van der Waals surface area contributed by atoms with Gasteiger partial charge in [-0.15, -0.1) is 0 Å². The maximum Gasteiger partial charge on any atom is 0.501 e. The number of rotatable bonds is 6. The Morgan fingerprint density at radius 2 is 1.97 bits per heavy atom. The van der Waals surface area contributed by atoms with Gasteiger partial charge in [0, 0.05) is 31.2 Å².